The fraction of sp³-hybridized carbons (Fsp3) is 0.0769. The van der Waals surface area contributed by atoms with E-state index in [1.54, 1.807) is 25.1 Å². The highest BCUT2D eigenvalue weighted by Gasteiger charge is 2.05. The number of halogens is 2. The molecule has 1 nitrogen and oxygen atoms in total. The first-order valence-corrected chi connectivity index (χ1v) is 4.89. The van der Waals surface area contributed by atoms with E-state index in [0.29, 0.717) is 16.8 Å². The van der Waals surface area contributed by atoms with Crippen molar-refractivity contribution < 1.29 is 8.78 Å². The van der Waals surface area contributed by atoms with Crippen LogP contribution in [0, 0.1) is 18.6 Å². The molecular weight excluding hydrogens is 208 g/mol. The van der Waals surface area contributed by atoms with Crippen molar-refractivity contribution in [1.29, 1.82) is 0 Å². The first-order chi connectivity index (χ1) is 7.58. The average molecular weight is 219 g/mol. The van der Waals surface area contributed by atoms with Crippen LogP contribution in [0.5, 0.6) is 0 Å². The lowest BCUT2D eigenvalue weighted by atomic mass is 10.0. The summed E-state index contributed by atoms with van der Waals surface area (Å²) in [6.07, 6.45) is 0. The summed E-state index contributed by atoms with van der Waals surface area (Å²) in [5.74, 6) is -0.635. The first-order valence-electron chi connectivity index (χ1n) is 4.89. The lowest BCUT2D eigenvalue weighted by molar-refractivity contribution is 0.618. The zero-order valence-corrected chi connectivity index (χ0v) is 8.80. The average Bonchev–Trinajstić information content (AvgIpc) is 2.22. The highest BCUT2D eigenvalue weighted by atomic mass is 19.1. The van der Waals surface area contributed by atoms with Gasteiger partial charge in [-0.2, -0.15) is 0 Å². The van der Waals surface area contributed by atoms with Gasteiger partial charge in [0.05, 0.1) is 0 Å². The van der Waals surface area contributed by atoms with E-state index < -0.39 is 0 Å². The van der Waals surface area contributed by atoms with Crippen molar-refractivity contribution in [3.05, 3.63) is 53.6 Å². The Bertz CT molecular complexity index is 535. The second-order valence-corrected chi connectivity index (χ2v) is 3.70. The van der Waals surface area contributed by atoms with Crippen LogP contribution in [0.4, 0.5) is 14.5 Å². The number of hydrogen-bond acceptors (Lipinski definition) is 1. The SMILES string of the molecule is Cc1cc(-c2ccc(F)cc2N)ccc1F. The Morgan fingerprint density at radius 1 is 1.00 bits per heavy atom. The fourth-order valence-electron chi connectivity index (χ4n) is 1.61. The van der Waals surface area contributed by atoms with Crippen LogP contribution in [0.15, 0.2) is 36.4 Å². The molecule has 2 aromatic rings. The van der Waals surface area contributed by atoms with Crippen LogP contribution in [0.2, 0.25) is 0 Å². The zero-order chi connectivity index (χ0) is 11.7. The molecule has 0 saturated carbocycles. The number of nitrogens with two attached hydrogens (primary N) is 1. The van der Waals surface area contributed by atoms with Crippen molar-refractivity contribution in [2.45, 2.75) is 6.92 Å². The second-order valence-electron chi connectivity index (χ2n) is 3.70. The monoisotopic (exact) mass is 219 g/mol. The van der Waals surface area contributed by atoms with Crippen LogP contribution in [0.25, 0.3) is 11.1 Å². The van der Waals surface area contributed by atoms with Crippen molar-refractivity contribution in [2.24, 2.45) is 0 Å². The molecule has 0 aromatic heterocycles. The summed E-state index contributed by atoms with van der Waals surface area (Å²) in [5, 5.41) is 0. The molecule has 0 bridgehead atoms. The molecule has 82 valence electrons. The third-order valence-corrected chi connectivity index (χ3v) is 2.48. The van der Waals surface area contributed by atoms with E-state index in [4.69, 9.17) is 5.73 Å². The second kappa shape index (κ2) is 3.93. The number of rotatable bonds is 1. The lowest BCUT2D eigenvalue weighted by Gasteiger charge is -2.07. The predicted molar refractivity (Wildman–Crippen MR) is 60.9 cm³/mol. The van der Waals surface area contributed by atoms with Gasteiger partial charge in [0.15, 0.2) is 0 Å². The highest BCUT2D eigenvalue weighted by molar-refractivity contribution is 5.76. The van der Waals surface area contributed by atoms with E-state index in [9.17, 15) is 8.78 Å². The van der Waals surface area contributed by atoms with Gasteiger partial charge in [0.1, 0.15) is 11.6 Å². The molecule has 2 aromatic carbocycles. The van der Waals surface area contributed by atoms with E-state index in [-0.39, 0.29) is 11.6 Å². The van der Waals surface area contributed by atoms with Crippen LogP contribution < -0.4 is 5.73 Å². The van der Waals surface area contributed by atoms with E-state index in [1.807, 2.05) is 0 Å². The molecular formula is C13H11F2N. The number of nitrogen functional groups attached to an aromatic ring is 1. The number of hydrogen-bond donors (Lipinski definition) is 1. The molecule has 0 atom stereocenters. The minimum absolute atomic E-state index is 0.260. The maximum atomic E-state index is 13.1. The maximum Gasteiger partial charge on any atom is 0.126 e. The molecule has 16 heavy (non-hydrogen) atoms. The van der Waals surface area contributed by atoms with Gasteiger partial charge in [0, 0.05) is 11.3 Å². The molecule has 0 fully saturated rings. The number of anilines is 1. The minimum atomic E-state index is -0.375. The van der Waals surface area contributed by atoms with Gasteiger partial charge in [-0.3, -0.25) is 0 Å². The quantitative estimate of drug-likeness (QED) is 0.729. The van der Waals surface area contributed by atoms with E-state index in [0.717, 1.165) is 5.56 Å². The van der Waals surface area contributed by atoms with Gasteiger partial charge in [0.2, 0.25) is 0 Å². The van der Waals surface area contributed by atoms with Crippen LogP contribution in [-0.2, 0) is 0 Å². The summed E-state index contributed by atoms with van der Waals surface area (Å²) in [4.78, 5) is 0. The Kier molecular flexibility index (Phi) is 2.60. The minimum Gasteiger partial charge on any atom is -0.398 e. The summed E-state index contributed by atoms with van der Waals surface area (Å²) in [6.45, 7) is 1.68. The molecule has 0 aliphatic rings. The summed E-state index contributed by atoms with van der Waals surface area (Å²) in [7, 11) is 0. The predicted octanol–water partition coefficient (Wildman–Crippen LogP) is 3.52. The Morgan fingerprint density at radius 3 is 2.38 bits per heavy atom. The molecule has 0 aliphatic heterocycles. The Balaban J connectivity index is 2.54. The summed E-state index contributed by atoms with van der Waals surface area (Å²) in [6, 6.07) is 8.90. The molecule has 0 amide bonds. The Morgan fingerprint density at radius 2 is 1.75 bits per heavy atom. The Labute approximate surface area is 92.5 Å². The van der Waals surface area contributed by atoms with Crippen molar-refractivity contribution in [1.82, 2.24) is 0 Å². The largest absolute Gasteiger partial charge is 0.398 e. The van der Waals surface area contributed by atoms with Gasteiger partial charge in [-0.25, -0.2) is 8.78 Å². The van der Waals surface area contributed by atoms with Crippen LogP contribution >= 0.6 is 0 Å². The summed E-state index contributed by atoms with van der Waals surface area (Å²) >= 11 is 0. The summed E-state index contributed by atoms with van der Waals surface area (Å²) in [5.41, 5.74) is 8.10. The Hall–Kier alpha value is -1.90. The van der Waals surface area contributed by atoms with Gasteiger partial charge in [0.25, 0.3) is 0 Å². The van der Waals surface area contributed by atoms with Gasteiger partial charge >= 0.3 is 0 Å². The van der Waals surface area contributed by atoms with Gasteiger partial charge in [-0.15, -0.1) is 0 Å². The topological polar surface area (TPSA) is 26.0 Å². The van der Waals surface area contributed by atoms with E-state index in [2.05, 4.69) is 0 Å². The van der Waals surface area contributed by atoms with Crippen LogP contribution in [0.1, 0.15) is 5.56 Å². The molecule has 0 unspecified atom stereocenters. The van der Waals surface area contributed by atoms with Crippen molar-refractivity contribution in [3.63, 3.8) is 0 Å². The number of aryl methyl sites for hydroxylation is 1. The van der Waals surface area contributed by atoms with Crippen LogP contribution in [-0.4, -0.2) is 0 Å². The maximum absolute atomic E-state index is 13.1. The zero-order valence-electron chi connectivity index (χ0n) is 8.80. The molecule has 2 rings (SSSR count). The van der Waals surface area contributed by atoms with Crippen LogP contribution in [0.3, 0.4) is 0 Å². The molecule has 0 heterocycles. The van der Waals surface area contributed by atoms with Crippen molar-refractivity contribution >= 4 is 5.69 Å². The molecule has 0 aliphatic carbocycles. The molecule has 0 radical (unpaired) electrons. The highest BCUT2D eigenvalue weighted by Crippen LogP contribution is 2.27. The standard InChI is InChI=1S/C13H11F2N/c1-8-6-9(2-5-12(8)15)11-4-3-10(14)7-13(11)16/h2-7H,16H2,1H3. The normalized spacial score (nSPS) is 10.4. The lowest BCUT2D eigenvalue weighted by Crippen LogP contribution is -1.92. The first kappa shape index (κ1) is 10.6. The number of benzene rings is 2. The van der Waals surface area contributed by atoms with Crippen molar-refractivity contribution in [2.75, 3.05) is 5.73 Å². The van der Waals surface area contributed by atoms with Gasteiger partial charge < -0.3 is 5.73 Å². The molecule has 3 heteroatoms. The van der Waals surface area contributed by atoms with Gasteiger partial charge in [-0.05, 0) is 48.4 Å². The fourth-order valence-corrected chi connectivity index (χ4v) is 1.61. The van der Waals surface area contributed by atoms with Crippen molar-refractivity contribution in [3.8, 4) is 11.1 Å². The van der Waals surface area contributed by atoms with E-state index in [1.165, 1.54) is 18.2 Å². The third kappa shape index (κ3) is 1.89. The third-order valence-electron chi connectivity index (χ3n) is 2.48. The van der Waals surface area contributed by atoms with E-state index >= 15 is 0 Å². The summed E-state index contributed by atoms with van der Waals surface area (Å²) < 4.78 is 26.0. The molecule has 2 N–H and O–H groups in total. The molecule has 0 spiro atoms. The smallest absolute Gasteiger partial charge is 0.126 e. The molecule has 0 saturated heterocycles. The van der Waals surface area contributed by atoms with Gasteiger partial charge in [-0.1, -0.05) is 6.07 Å².